The monoisotopic (exact) mass is 341 g/mol. The fourth-order valence-electron chi connectivity index (χ4n) is 0.622. The molecule has 0 aliphatic heterocycles. The number of hydrogen-bond donors (Lipinski definition) is 0. The Kier molecular flexibility index (Phi) is 6.82. The molecule has 0 saturated heterocycles. The van der Waals surface area contributed by atoms with Gasteiger partial charge in [-0.15, -0.1) is 5.54 Å². The van der Waals surface area contributed by atoms with Crippen molar-refractivity contribution in [2.75, 3.05) is 0 Å². The van der Waals surface area contributed by atoms with E-state index in [9.17, 15) is 4.79 Å². The summed E-state index contributed by atoms with van der Waals surface area (Å²) in [7, 11) is 0. The first-order valence-electron chi connectivity index (χ1n) is 2.66. The third kappa shape index (κ3) is 12.3. The fraction of sp³-hybridized carbons (Fsp3) is 0.833. The summed E-state index contributed by atoms with van der Waals surface area (Å²) in [4.78, 5) is 10.3. The van der Waals surface area contributed by atoms with E-state index in [1.807, 2.05) is 0 Å². The SMILES string of the molecule is CC(=O)CC(C)(C)[NH-].[Ac]. The van der Waals surface area contributed by atoms with E-state index < -0.39 is 5.54 Å². The van der Waals surface area contributed by atoms with Gasteiger partial charge in [0.15, 0.2) is 0 Å². The molecule has 0 heterocycles. The third-order valence-electron chi connectivity index (χ3n) is 0.691. The summed E-state index contributed by atoms with van der Waals surface area (Å²) in [6, 6.07) is 0. The van der Waals surface area contributed by atoms with Gasteiger partial charge >= 0.3 is 0 Å². The van der Waals surface area contributed by atoms with Gasteiger partial charge in [0.05, 0.1) is 0 Å². The Bertz CT molecular complexity index is 95.7. The van der Waals surface area contributed by atoms with Gasteiger partial charge in [0, 0.05) is 44.1 Å². The molecular formula is C6H12AcNO-. The number of carbonyl (C=O) groups is 1. The van der Waals surface area contributed by atoms with Crippen molar-refractivity contribution in [3.63, 3.8) is 0 Å². The predicted molar refractivity (Wildman–Crippen MR) is 33.7 cm³/mol. The second-order valence-electron chi connectivity index (χ2n) is 2.76. The van der Waals surface area contributed by atoms with Crippen LogP contribution in [0.4, 0.5) is 0 Å². The zero-order valence-electron chi connectivity index (χ0n) is 6.19. The van der Waals surface area contributed by atoms with Gasteiger partial charge in [-0.05, 0) is 13.3 Å². The molecule has 1 radical (unpaired) electrons. The van der Waals surface area contributed by atoms with Gasteiger partial charge in [-0.2, -0.15) is 0 Å². The van der Waals surface area contributed by atoms with Gasteiger partial charge in [-0.3, -0.25) is 0 Å². The van der Waals surface area contributed by atoms with E-state index in [2.05, 4.69) is 0 Å². The molecule has 0 saturated carbocycles. The van der Waals surface area contributed by atoms with Gasteiger partial charge < -0.3 is 10.5 Å². The Labute approximate surface area is 92.1 Å². The Morgan fingerprint density at radius 2 is 1.89 bits per heavy atom. The van der Waals surface area contributed by atoms with E-state index in [0.717, 1.165) is 0 Å². The van der Waals surface area contributed by atoms with Crippen molar-refractivity contribution in [1.82, 2.24) is 0 Å². The molecule has 0 amide bonds. The molecule has 0 bridgehead atoms. The maximum absolute atomic E-state index is 10.3. The van der Waals surface area contributed by atoms with Crippen LogP contribution in [0.2, 0.25) is 0 Å². The average Bonchev–Trinajstić information content (AvgIpc) is 1.21. The van der Waals surface area contributed by atoms with Crippen LogP contribution in [0.5, 0.6) is 0 Å². The van der Waals surface area contributed by atoms with Crippen molar-refractivity contribution < 1.29 is 48.9 Å². The van der Waals surface area contributed by atoms with Gasteiger partial charge in [0.1, 0.15) is 5.78 Å². The van der Waals surface area contributed by atoms with Gasteiger partial charge in [-0.25, -0.2) is 0 Å². The van der Waals surface area contributed by atoms with Crippen LogP contribution in [0.3, 0.4) is 0 Å². The average molecular weight is 341 g/mol. The summed E-state index contributed by atoms with van der Waals surface area (Å²) in [6.45, 7) is 4.97. The molecule has 0 fully saturated rings. The Morgan fingerprint density at radius 3 is 1.89 bits per heavy atom. The Balaban J connectivity index is 0. The summed E-state index contributed by atoms with van der Waals surface area (Å²) in [5.41, 5.74) is 6.66. The largest absolute Gasteiger partial charge is 0.672 e. The summed E-state index contributed by atoms with van der Waals surface area (Å²) in [5, 5.41) is 0. The third-order valence-corrected chi connectivity index (χ3v) is 0.691. The molecule has 0 aliphatic rings. The molecule has 0 aromatic rings. The number of carbonyl (C=O) groups excluding carboxylic acids is 1. The van der Waals surface area contributed by atoms with Crippen molar-refractivity contribution in [3.8, 4) is 0 Å². The summed E-state index contributed by atoms with van der Waals surface area (Å²) in [5.74, 6) is 0.0880. The number of nitrogens with one attached hydrogen (secondary N) is 1. The van der Waals surface area contributed by atoms with Gasteiger partial charge in [0.2, 0.25) is 0 Å². The second-order valence-corrected chi connectivity index (χ2v) is 2.76. The molecule has 1 N–H and O–H groups in total. The summed E-state index contributed by atoms with van der Waals surface area (Å²) < 4.78 is 0. The van der Waals surface area contributed by atoms with Crippen LogP contribution in [-0.2, 0) is 4.79 Å². The van der Waals surface area contributed by atoms with Gasteiger partial charge in [0.25, 0.3) is 0 Å². The van der Waals surface area contributed by atoms with Crippen LogP contribution in [0.15, 0.2) is 0 Å². The summed E-state index contributed by atoms with van der Waals surface area (Å²) >= 11 is 0. The molecule has 0 aromatic heterocycles. The number of rotatable bonds is 2. The van der Waals surface area contributed by atoms with Crippen molar-refractivity contribution >= 4 is 5.78 Å². The number of ketones is 1. The summed E-state index contributed by atoms with van der Waals surface area (Å²) in [6.07, 6.45) is 0.354. The van der Waals surface area contributed by atoms with E-state index in [1.165, 1.54) is 6.92 Å². The molecule has 0 spiro atoms. The smallest absolute Gasteiger partial charge is 0.128 e. The molecule has 2 nitrogen and oxygen atoms in total. The fourth-order valence-corrected chi connectivity index (χ4v) is 0.622. The molecule has 0 aliphatic carbocycles. The van der Waals surface area contributed by atoms with Crippen LogP contribution in [0, 0.1) is 44.1 Å². The zero-order chi connectivity index (χ0) is 6.78. The predicted octanol–water partition coefficient (Wildman–Crippen LogP) is 1.80. The van der Waals surface area contributed by atoms with Crippen LogP contribution in [0.25, 0.3) is 5.73 Å². The van der Waals surface area contributed by atoms with E-state index >= 15 is 0 Å². The minimum absolute atomic E-state index is 0. The van der Waals surface area contributed by atoms with E-state index in [1.54, 1.807) is 13.8 Å². The Hall–Kier alpha value is 1.07. The zero-order valence-corrected chi connectivity index (χ0v) is 10.9. The molecule has 51 valence electrons. The quantitative estimate of drug-likeness (QED) is 0.755. The molecule has 0 aromatic carbocycles. The molecule has 0 unspecified atom stereocenters. The minimum Gasteiger partial charge on any atom is -0.672 e. The molecule has 3 heteroatoms. The first kappa shape index (κ1) is 12.7. The normalized spacial score (nSPS) is 10.2. The van der Waals surface area contributed by atoms with Crippen molar-refractivity contribution in [3.05, 3.63) is 5.73 Å². The topological polar surface area (TPSA) is 40.9 Å². The standard InChI is InChI=1S/C6H12NO.Ac/c1-5(8)4-6(2,3)7;/h7H,4H2,1-3H3;/q-1;. The van der Waals surface area contributed by atoms with Crippen molar-refractivity contribution in [2.45, 2.75) is 32.7 Å². The number of Topliss-reactive ketones (excluding diaryl/α,β-unsaturated/α-hetero) is 1. The maximum atomic E-state index is 10.3. The minimum atomic E-state index is -0.578. The van der Waals surface area contributed by atoms with Crippen molar-refractivity contribution in [2.24, 2.45) is 0 Å². The molecule has 0 atom stereocenters. The van der Waals surface area contributed by atoms with Crippen LogP contribution >= 0.6 is 0 Å². The van der Waals surface area contributed by atoms with Crippen LogP contribution < -0.4 is 0 Å². The first-order chi connectivity index (χ1) is 3.42. The second kappa shape index (κ2) is 4.82. The van der Waals surface area contributed by atoms with Gasteiger partial charge in [-0.1, -0.05) is 13.8 Å². The van der Waals surface area contributed by atoms with E-state index in [-0.39, 0.29) is 49.8 Å². The maximum Gasteiger partial charge on any atom is 0.128 e. The van der Waals surface area contributed by atoms with Crippen LogP contribution in [-0.4, -0.2) is 11.3 Å². The van der Waals surface area contributed by atoms with Crippen molar-refractivity contribution in [1.29, 1.82) is 0 Å². The van der Waals surface area contributed by atoms with Crippen LogP contribution in [0.1, 0.15) is 27.2 Å². The van der Waals surface area contributed by atoms with E-state index in [4.69, 9.17) is 5.73 Å². The first-order valence-corrected chi connectivity index (χ1v) is 2.66. The molecular weight excluding hydrogens is 329 g/mol. The molecule has 9 heavy (non-hydrogen) atoms. The Morgan fingerprint density at radius 1 is 1.56 bits per heavy atom. The number of hydrogen-bond acceptors (Lipinski definition) is 1. The van der Waals surface area contributed by atoms with E-state index in [0.29, 0.717) is 6.42 Å². The molecule has 0 rings (SSSR count).